The monoisotopic (exact) mass is 309 g/mol. The molecule has 3 heteroatoms. The third-order valence-corrected chi connectivity index (χ3v) is 3.91. The van der Waals surface area contributed by atoms with Gasteiger partial charge in [-0.25, -0.2) is 8.78 Å². The van der Waals surface area contributed by atoms with Crippen LogP contribution in [-0.2, 0) is 12.8 Å². The van der Waals surface area contributed by atoms with Gasteiger partial charge in [0.25, 0.3) is 0 Å². The first kappa shape index (κ1) is 15.2. The molecule has 3 rings (SSSR count). The molecular formula is C20H17F2N. The van der Waals surface area contributed by atoms with E-state index in [1.807, 2.05) is 60.7 Å². The maximum atomic E-state index is 14.2. The lowest BCUT2D eigenvalue weighted by Crippen LogP contribution is -2.07. The third kappa shape index (κ3) is 3.39. The molecule has 0 saturated carbocycles. The molecule has 0 spiro atoms. The Hall–Kier alpha value is -2.68. The number of halogens is 2. The van der Waals surface area contributed by atoms with Crippen molar-refractivity contribution in [2.24, 2.45) is 0 Å². The summed E-state index contributed by atoms with van der Waals surface area (Å²) in [5, 5.41) is 0. The van der Waals surface area contributed by atoms with E-state index in [2.05, 4.69) is 0 Å². The number of nitrogen functional groups attached to an aromatic ring is 1. The van der Waals surface area contributed by atoms with Gasteiger partial charge in [-0.05, 0) is 29.2 Å². The Kier molecular flexibility index (Phi) is 4.38. The molecule has 0 fully saturated rings. The number of rotatable bonds is 4. The summed E-state index contributed by atoms with van der Waals surface area (Å²) in [6, 6.07) is 20.2. The molecule has 2 N–H and O–H groups in total. The van der Waals surface area contributed by atoms with Crippen molar-refractivity contribution in [3.05, 3.63) is 101 Å². The SMILES string of the molecule is Nc1c(Cc2ccccc2)cc(F)c(F)c1Cc1ccccc1. The molecule has 1 nitrogen and oxygen atoms in total. The summed E-state index contributed by atoms with van der Waals surface area (Å²) in [7, 11) is 0. The number of nitrogens with two attached hydrogens (primary N) is 1. The van der Waals surface area contributed by atoms with Gasteiger partial charge in [-0.2, -0.15) is 0 Å². The average Bonchev–Trinajstić information content (AvgIpc) is 2.58. The summed E-state index contributed by atoms with van der Waals surface area (Å²) in [5.74, 6) is -1.71. The van der Waals surface area contributed by atoms with E-state index >= 15 is 0 Å². The van der Waals surface area contributed by atoms with Crippen molar-refractivity contribution in [1.29, 1.82) is 0 Å². The second kappa shape index (κ2) is 6.61. The zero-order valence-electron chi connectivity index (χ0n) is 12.6. The van der Waals surface area contributed by atoms with Gasteiger partial charge >= 0.3 is 0 Å². The van der Waals surface area contributed by atoms with Crippen LogP contribution in [0.2, 0.25) is 0 Å². The van der Waals surface area contributed by atoms with Gasteiger partial charge in [0.05, 0.1) is 0 Å². The van der Waals surface area contributed by atoms with Crippen LogP contribution >= 0.6 is 0 Å². The van der Waals surface area contributed by atoms with Crippen LogP contribution in [0.25, 0.3) is 0 Å². The topological polar surface area (TPSA) is 26.0 Å². The van der Waals surface area contributed by atoms with Crippen LogP contribution in [-0.4, -0.2) is 0 Å². The summed E-state index contributed by atoms with van der Waals surface area (Å²) in [6.45, 7) is 0. The van der Waals surface area contributed by atoms with Crippen LogP contribution < -0.4 is 5.73 Å². The van der Waals surface area contributed by atoms with Crippen molar-refractivity contribution in [3.63, 3.8) is 0 Å². The van der Waals surface area contributed by atoms with E-state index in [-0.39, 0.29) is 12.0 Å². The standard InChI is InChI=1S/C20H17F2N/c21-18-13-16(11-14-7-3-1-4-8-14)20(23)17(19(18)22)12-15-9-5-2-6-10-15/h1-10,13H,11-12,23H2. The summed E-state index contributed by atoms with van der Waals surface area (Å²) in [5.41, 5.74) is 9.22. The second-order valence-electron chi connectivity index (χ2n) is 5.55. The normalized spacial score (nSPS) is 10.7. The Morgan fingerprint density at radius 3 is 1.83 bits per heavy atom. The van der Waals surface area contributed by atoms with Crippen LogP contribution in [0.1, 0.15) is 22.3 Å². The minimum atomic E-state index is -0.858. The second-order valence-corrected chi connectivity index (χ2v) is 5.55. The molecule has 0 aromatic heterocycles. The van der Waals surface area contributed by atoms with E-state index in [4.69, 9.17) is 5.73 Å². The van der Waals surface area contributed by atoms with E-state index < -0.39 is 11.6 Å². The van der Waals surface area contributed by atoms with E-state index in [0.717, 1.165) is 11.1 Å². The fourth-order valence-electron chi connectivity index (χ4n) is 2.69. The lowest BCUT2D eigenvalue weighted by molar-refractivity contribution is 0.500. The molecule has 0 aliphatic heterocycles. The molecule has 0 unspecified atom stereocenters. The van der Waals surface area contributed by atoms with E-state index in [1.165, 1.54) is 6.07 Å². The third-order valence-electron chi connectivity index (χ3n) is 3.91. The number of anilines is 1. The Bertz CT molecular complexity index is 799. The molecule has 0 radical (unpaired) electrons. The Balaban J connectivity index is 1.99. The lowest BCUT2D eigenvalue weighted by atomic mass is 9.96. The Morgan fingerprint density at radius 1 is 0.739 bits per heavy atom. The minimum absolute atomic E-state index is 0.224. The summed E-state index contributed by atoms with van der Waals surface area (Å²) < 4.78 is 28.2. The molecule has 3 aromatic rings. The fraction of sp³-hybridized carbons (Fsp3) is 0.100. The molecule has 0 amide bonds. The predicted octanol–water partition coefficient (Wildman–Crippen LogP) is 4.73. The quantitative estimate of drug-likeness (QED) is 0.693. The van der Waals surface area contributed by atoms with E-state index in [9.17, 15) is 8.78 Å². The van der Waals surface area contributed by atoms with Crippen molar-refractivity contribution in [2.45, 2.75) is 12.8 Å². The highest BCUT2D eigenvalue weighted by Crippen LogP contribution is 2.28. The maximum absolute atomic E-state index is 14.2. The number of hydrogen-bond acceptors (Lipinski definition) is 1. The van der Waals surface area contributed by atoms with Gasteiger partial charge in [-0.1, -0.05) is 60.7 Å². The zero-order valence-corrected chi connectivity index (χ0v) is 12.6. The first-order valence-corrected chi connectivity index (χ1v) is 7.48. The largest absolute Gasteiger partial charge is 0.398 e. The molecule has 116 valence electrons. The highest BCUT2D eigenvalue weighted by molar-refractivity contribution is 5.57. The molecule has 0 aliphatic rings. The smallest absolute Gasteiger partial charge is 0.164 e. The first-order valence-electron chi connectivity index (χ1n) is 7.48. The molecule has 0 heterocycles. The first-order chi connectivity index (χ1) is 11.1. The molecular weight excluding hydrogens is 292 g/mol. The van der Waals surface area contributed by atoms with Gasteiger partial charge in [0, 0.05) is 17.7 Å². The molecule has 0 atom stereocenters. The number of benzene rings is 3. The van der Waals surface area contributed by atoms with Crippen molar-refractivity contribution >= 4 is 5.69 Å². The van der Waals surface area contributed by atoms with Crippen LogP contribution in [0.3, 0.4) is 0 Å². The minimum Gasteiger partial charge on any atom is -0.398 e. The molecule has 23 heavy (non-hydrogen) atoms. The summed E-state index contributed by atoms with van der Waals surface area (Å²) in [6.07, 6.45) is 0.754. The molecule has 3 aromatic carbocycles. The fourth-order valence-corrected chi connectivity index (χ4v) is 2.69. The van der Waals surface area contributed by atoms with Crippen LogP contribution in [0.15, 0.2) is 66.7 Å². The van der Waals surface area contributed by atoms with E-state index in [0.29, 0.717) is 17.7 Å². The van der Waals surface area contributed by atoms with Crippen molar-refractivity contribution < 1.29 is 8.78 Å². The van der Waals surface area contributed by atoms with Gasteiger partial charge in [0.2, 0.25) is 0 Å². The van der Waals surface area contributed by atoms with Gasteiger partial charge in [-0.3, -0.25) is 0 Å². The zero-order chi connectivity index (χ0) is 16.2. The summed E-state index contributed by atoms with van der Waals surface area (Å²) >= 11 is 0. The average molecular weight is 309 g/mol. The lowest BCUT2D eigenvalue weighted by Gasteiger charge is -2.13. The molecule has 0 bridgehead atoms. The van der Waals surface area contributed by atoms with Crippen LogP contribution in [0, 0.1) is 11.6 Å². The maximum Gasteiger partial charge on any atom is 0.164 e. The predicted molar refractivity (Wildman–Crippen MR) is 89.3 cm³/mol. The van der Waals surface area contributed by atoms with Gasteiger partial charge in [0.15, 0.2) is 11.6 Å². The van der Waals surface area contributed by atoms with E-state index in [1.54, 1.807) is 0 Å². The van der Waals surface area contributed by atoms with Crippen LogP contribution in [0.5, 0.6) is 0 Å². The molecule has 0 saturated heterocycles. The van der Waals surface area contributed by atoms with Crippen molar-refractivity contribution in [1.82, 2.24) is 0 Å². The Morgan fingerprint density at radius 2 is 1.26 bits per heavy atom. The summed E-state index contributed by atoms with van der Waals surface area (Å²) in [4.78, 5) is 0. The highest BCUT2D eigenvalue weighted by atomic mass is 19.2. The molecule has 0 aliphatic carbocycles. The van der Waals surface area contributed by atoms with Crippen LogP contribution in [0.4, 0.5) is 14.5 Å². The van der Waals surface area contributed by atoms with Gasteiger partial charge < -0.3 is 5.73 Å². The highest BCUT2D eigenvalue weighted by Gasteiger charge is 2.17. The number of hydrogen-bond donors (Lipinski definition) is 1. The van der Waals surface area contributed by atoms with Gasteiger partial charge in [-0.15, -0.1) is 0 Å². The Labute approximate surface area is 134 Å². The van der Waals surface area contributed by atoms with Crippen molar-refractivity contribution in [2.75, 3.05) is 5.73 Å². The van der Waals surface area contributed by atoms with Crippen molar-refractivity contribution in [3.8, 4) is 0 Å². The van der Waals surface area contributed by atoms with Gasteiger partial charge in [0.1, 0.15) is 0 Å².